The van der Waals surface area contributed by atoms with Crippen molar-refractivity contribution in [3.05, 3.63) is 65.7 Å². The Labute approximate surface area is 132 Å². The molecule has 3 N–H and O–H groups in total. The Morgan fingerprint density at radius 2 is 1.76 bits per heavy atom. The number of thioether (sulfide) groups is 1. The minimum absolute atomic E-state index is 0.231. The van der Waals surface area contributed by atoms with Crippen LogP contribution in [0.15, 0.2) is 59.5 Å². The number of nitrogens with one attached hydrogen (secondary N) is 1. The third-order valence-electron chi connectivity index (χ3n) is 3.60. The Morgan fingerprint density at radius 3 is 2.38 bits per heavy atom. The van der Waals surface area contributed by atoms with E-state index in [-0.39, 0.29) is 6.04 Å². The van der Waals surface area contributed by atoms with E-state index in [4.69, 9.17) is 5.84 Å². The molecule has 2 nitrogen and oxygen atoms in total. The van der Waals surface area contributed by atoms with Crippen molar-refractivity contribution in [3.8, 4) is 0 Å². The highest BCUT2D eigenvalue weighted by atomic mass is 32.2. The molecule has 3 heteroatoms. The summed E-state index contributed by atoms with van der Waals surface area (Å²) in [5, 5.41) is 0. The summed E-state index contributed by atoms with van der Waals surface area (Å²) in [6.45, 7) is 2.17. The molecule has 0 bridgehead atoms. The molecular weight excluding hydrogens is 276 g/mol. The lowest BCUT2D eigenvalue weighted by Gasteiger charge is -2.16. The maximum Gasteiger partial charge on any atom is 0.0460 e. The molecule has 112 valence electrons. The molecule has 1 unspecified atom stereocenters. The summed E-state index contributed by atoms with van der Waals surface area (Å²) in [6.07, 6.45) is 3.28. The number of hydrogen-bond acceptors (Lipinski definition) is 3. The predicted octanol–water partition coefficient (Wildman–Crippen LogP) is 4.33. The summed E-state index contributed by atoms with van der Waals surface area (Å²) in [6, 6.07) is 19.6. The molecule has 2 aromatic rings. The van der Waals surface area contributed by atoms with Crippen molar-refractivity contribution in [3.63, 3.8) is 0 Å². The van der Waals surface area contributed by atoms with Crippen LogP contribution in [-0.2, 0) is 6.42 Å². The largest absolute Gasteiger partial charge is 0.271 e. The first-order chi connectivity index (χ1) is 10.3. The second-order valence-corrected chi connectivity index (χ2v) is 6.44. The van der Waals surface area contributed by atoms with E-state index in [1.165, 1.54) is 16.0 Å². The summed E-state index contributed by atoms with van der Waals surface area (Å²) < 4.78 is 0. The molecule has 0 heterocycles. The van der Waals surface area contributed by atoms with Crippen LogP contribution in [0.5, 0.6) is 0 Å². The molecule has 0 saturated carbocycles. The van der Waals surface area contributed by atoms with Crippen LogP contribution in [0.25, 0.3) is 0 Å². The van der Waals surface area contributed by atoms with Crippen LogP contribution in [0.3, 0.4) is 0 Å². The van der Waals surface area contributed by atoms with Gasteiger partial charge in [-0.2, -0.15) is 0 Å². The van der Waals surface area contributed by atoms with E-state index >= 15 is 0 Å². The monoisotopic (exact) mass is 300 g/mol. The predicted molar refractivity (Wildman–Crippen MR) is 92.3 cm³/mol. The number of benzene rings is 2. The van der Waals surface area contributed by atoms with Gasteiger partial charge in [-0.1, -0.05) is 49.4 Å². The van der Waals surface area contributed by atoms with Crippen LogP contribution in [0.2, 0.25) is 0 Å². The molecule has 21 heavy (non-hydrogen) atoms. The van der Waals surface area contributed by atoms with E-state index in [0.29, 0.717) is 0 Å². The number of nitrogens with two attached hydrogens (primary N) is 1. The third kappa shape index (κ3) is 5.20. The van der Waals surface area contributed by atoms with Gasteiger partial charge in [-0.3, -0.25) is 11.3 Å². The second kappa shape index (κ2) is 8.88. The Bertz CT molecular complexity index is 511. The summed E-state index contributed by atoms with van der Waals surface area (Å²) >= 11 is 1.87. The zero-order chi connectivity index (χ0) is 14.9. The Morgan fingerprint density at radius 1 is 1.05 bits per heavy atom. The van der Waals surface area contributed by atoms with Crippen molar-refractivity contribution in [1.29, 1.82) is 0 Å². The fraction of sp³-hybridized carbons (Fsp3) is 0.333. The zero-order valence-corrected chi connectivity index (χ0v) is 13.4. The van der Waals surface area contributed by atoms with Crippen molar-refractivity contribution < 1.29 is 0 Å². The number of hydrogen-bond donors (Lipinski definition) is 2. The van der Waals surface area contributed by atoms with E-state index in [1.807, 2.05) is 11.8 Å². The van der Waals surface area contributed by atoms with Crippen molar-refractivity contribution in [1.82, 2.24) is 5.43 Å². The lowest BCUT2D eigenvalue weighted by Crippen LogP contribution is -2.28. The Balaban J connectivity index is 1.87. The minimum atomic E-state index is 0.231. The molecule has 0 aliphatic carbocycles. The summed E-state index contributed by atoms with van der Waals surface area (Å²) in [5.74, 6) is 6.83. The highest BCUT2D eigenvalue weighted by Gasteiger charge is 2.09. The van der Waals surface area contributed by atoms with E-state index in [9.17, 15) is 0 Å². The molecule has 0 spiro atoms. The Kier molecular flexibility index (Phi) is 6.80. The summed E-state index contributed by atoms with van der Waals surface area (Å²) in [7, 11) is 0. The topological polar surface area (TPSA) is 38.0 Å². The number of aryl methyl sites for hydroxylation is 1. The Hall–Kier alpha value is -1.29. The van der Waals surface area contributed by atoms with Gasteiger partial charge in [0.1, 0.15) is 0 Å². The average Bonchev–Trinajstić information content (AvgIpc) is 2.54. The summed E-state index contributed by atoms with van der Waals surface area (Å²) in [5.41, 5.74) is 5.61. The van der Waals surface area contributed by atoms with Gasteiger partial charge >= 0.3 is 0 Å². The third-order valence-corrected chi connectivity index (χ3v) is 4.49. The molecule has 0 fully saturated rings. The molecule has 0 aliphatic rings. The first-order valence-corrected chi connectivity index (χ1v) is 8.55. The van der Waals surface area contributed by atoms with Crippen molar-refractivity contribution in [2.24, 2.45) is 5.84 Å². The number of rotatable bonds is 8. The minimum Gasteiger partial charge on any atom is -0.271 e. The van der Waals surface area contributed by atoms with Crippen LogP contribution < -0.4 is 11.3 Å². The zero-order valence-electron chi connectivity index (χ0n) is 12.6. The molecule has 1 atom stereocenters. The SMILES string of the molecule is CCSc1ccc(C(CCCc2ccccc2)NN)cc1. The van der Waals surface area contributed by atoms with Crippen LogP contribution >= 0.6 is 11.8 Å². The summed E-state index contributed by atoms with van der Waals surface area (Å²) in [4.78, 5) is 1.32. The molecule has 0 amide bonds. The fourth-order valence-electron chi connectivity index (χ4n) is 2.46. The average molecular weight is 300 g/mol. The maximum atomic E-state index is 5.73. The van der Waals surface area contributed by atoms with E-state index in [2.05, 4.69) is 66.9 Å². The molecule has 0 radical (unpaired) electrons. The van der Waals surface area contributed by atoms with E-state index < -0.39 is 0 Å². The molecular formula is C18H24N2S. The number of hydrazine groups is 1. The van der Waals surface area contributed by atoms with Crippen LogP contribution in [0.4, 0.5) is 0 Å². The first-order valence-electron chi connectivity index (χ1n) is 7.56. The standard InChI is InChI=1S/C18H24N2S/c1-2-21-17-13-11-16(12-14-17)18(20-19)10-6-9-15-7-4-3-5-8-15/h3-5,7-8,11-14,18,20H,2,6,9-10,19H2,1H3. The van der Waals surface area contributed by atoms with Gasteiger partial charge in [0.05, 0.1) is 0 Å². The molecule has 0 saturated heterocycles. The lowest BCUT2D eigenvalue weighted by atomic mass is 9.99. The first kappa shape index (κ1) is 16.1. The van der Waals surface area contributed by atoms with Crippen LogP contribution in [0.1, 0.15) is 36.9 Å². The van der Waals surface area contributed by atoms with Gasteiger partial charge in [-0.25, -0.2) is 0 Å². The van der Waals surface area contributed by atoms with Gasteiger partial charge in [0, 0.05) is 10.9 Å². The lowest BCUT2D eigenvalue weighted by molar-refractivity contribution is 0.498. The normalized spacial score (nSPS) is 12.3. The fourth-order valence-corrected chi connectivity index (χ4v) is 3.13. The van der Waals surface area contributed by atoms with E-state index in [0.717, 1.165) is 25.0 Å². The van der Waals surface area contributed by atoms with Crippen molar-refractivity contribution >= 4 is 11.8 Å². The quantitative estimate of drug-likeness (QED) is 0.433. The van der Waals surface area contributed by atoms with Crippen LogP contribution in [-0.4, -0.2) is 5.75 Å². The maximum absolute atomic E-state index is 5.73. The molecule has 2 aromatic carbocycles. The van der Waals surface area contributed by atoms with Gasteiger partial charge in [-0.15, -0.1) is 11.8 Å². The second-order valence-electron chi connectivity index (χ2n) is 5.10. The smallest absolute Gasteiger partial charge is 0.0460 e. The van der Waals surface area contributed by atoms with E-state index in [1.54, 1.807) is 0 Å². The molecule has 0 aliphatic heterocycles. The van der Waals surface area contributed by atoms with Gasteiger partial charge < -0.3 is 0 Å². The van der Waals surface area contributed by atoms with Crippen molar-refractivity contribution in [2.75, 3.05) is 5.75 Å². The van der Waals surface area contributed by atoms with Crippen molar-refractivity contribution in [2.45, 2.75) is 37.1 Å². The van der Waals surface area contributed by atoms with Gasteiger partial charge in [0.15, 0.2) is 0 Å². The molecule has 2 rings (SSSR count). The highest BCUT2D eigenvalue weighted by molar-refractivity contribution is 7.99. The van der Waals surface area contributed by atoms with Crippen LogP contribution in [0, 0.1) is 0 Å². The van der Waals surface area contributed by atoms with Gasteiger partial charge in [0.25, 0.3) is 0 Å². The van der Waals surface area contributed by atoms with Gasteiger partial charge in [0.2, 0.25) is 0 Å². The molecule has 0 aromatic heterocycles. The highest BCUT2D eigenvalue weighted by Crippen LogP contribution is 2.23. The van der Waals surface area contributed by atoms with Gasteiger partial charge in [-0.05, 0) is 48.3 Å².